The minimum atomic E-state index is -0.752. The average Bonchev–Trinajstić information content (AvgIpc) is 3.01. The van der Waals surface area contributed by atoms with Crippen LogP contribution in [-0.4, -0.2) is 43.0 Å². The van der Waals surface area contributed by atoms with E-state index in [1.165, 1.54) is 12.0 Å². The molecule has 0 saturated heterocycles. The van der Waals surface area contributed by atoms with E-state index in [-0.39, 0.29) is 10.8 Å². The number of Topliss-reactive ketones (excluding diaryl/α,β-unsaturated/α-hetero) is 1. The first-order chi connectivity index (χ1) is 13.8. The Morgan fingerprint density at radius 1 is 1.14 bits per heavy atom. The van der Waals surface area contributed by atoms with Gasteiger partial charge in [0.2, 0.25) is 0 Å². The molecule has 0 bridgehead atoms. The number of nitrogens with zero attached hydrogens (tertiary/aromatic N) is 1. The molecule has 0 spiro atoms. The standard InChI is InChI=1S/C25H41NO2/c1-5-26(6-2)15-16-28-19-11-13-24(3)18(17-19)7-8-20-21-9-10-23(27)25(21,4)14-12-22(20)24/h7,19-22H,5-6,8-17H2,1-4H3/t19-,20-,21-,22-,24-,25-/m0/s1/i19T. The quantitative estimate of drug-likeness (QED) is 0.581. The van der Waals surface area contributed by atoms with Crippen molar-refractivity contribution in [3.63, 3.8) is 0 Å². The van der Waals surface area contributed by atoms with Gasteiger partial charge in [0.1, 0.15) is 5.78 Å². The van der Waals surface area contributed by atoms with Crippen molar-refractivity contribution in [3.05, 3.63) is 11.6 Å². The Hall–Kier alpha value is -0.670. The van der Waals surface area contributed by atoms with Crippen LogP contribution in [0.3, 0.4) is 0 Å². The van der Waals surface area contributed by atoms with Gasteiger partial charge in [-0.15, -0.1) is 0 Å². The topological polar surface area (TPSA) is 29.5 Å². The number of carbonyl (C=O) groups is 1. The summed E-state index contributed by atoms with van der Waals surface area (Å²) >= 11 is 0. The first kappa shape index (κ1) is 19.3. The molecule has 3 fully saturated rings. The molecule has 0 aromatic rings. The SMILES string of the molecule is [3H][C@]1(OCCN(CC)CC)CC[C@@]2(C)C(=CC[C@@H]3[C@@H]2CC[C@]2(C)C(=O)CC[C@@H]32)C1. The molecule has 28 heavy (non-hydrogen) atoms. The zero-order valence-electron chi connectivity index (χ0n) is 19.6. The van der Waals surface area contributed by atoms with Crippen LogP contribution in [0.15, 0.2) is 11.6 Å². The monoisotopic (exact) mass is 389 g/mol. The number of hydrogen-bond acceptors (Lipinski definition) is 3. The second-order valence-electron chi connectivity index (χ2n) is 10.3. The fourth-order valence-corrected chi connectivity index (χ4v) is 7.23. The number of carbonyl (C=O) groups excluding carboxylic acids is 1. The Balaban J connectivity index is 1.46. The van der Waals surface area contributed by atoms with Crippen LogP contribution in [0.5, 0.6) is 0 Å². The predicted molar refractivity (Wildman–Crippen MR) is 114 cm³/mol. The van der Waals surface area contributed by atoms with Gasteiger partial charge in [-0.25, -0.2) is 0 Å². The van der Waals surface area contributed by atoms with Gasteiger partial charge in [0, 0.05) is 18.4 Å². The Morgan fingerprint density at radius 3 is 2.61 bits per heavy atom. The summed E-state index contributed by atoms with van der Waals surface area (Å²) in [6, 6.07) is 0. The van der Waals surface area contributed by atoms with Crippen molar-refractivity contribution in [3.8, 4) is 0 Å². The van der Waals surface area contributed by atoms with E-state index >= 15 is 0 Å². The first-order valence-corrected chi connectivity index (χ1v) is 11.8. The van der Waals surface area contributed by atoms with Gasteiger partial charge in [0.05, 0.1) is 14.1 Å². The molecule has 6 atom stereocenters. The molecule has 3 saturated carbocycles. The van der Waals surface area contributed by atoms with E-state index < -0.39 is 6.08 Å². The van der Waals surface area contributed by atoms with Crippen LogP contribution in [0.2, 0.25) is 0 Å². The number of rotatable bonds is 6. The third kappa shape index (κ3) is 3.31. The van der Waals surface area contributed by atoms with Crippen LogP contribution in [0.25, 0.3) is 0 Å². The van der Waals surface area contributed by atoms with Gasteiger partial charge in [-0.3, -0.25) is 4.79 Å². The highest BCUT2D eigenvalue weighted by Gasteiger charge is 2.58. The summed E-state index contributed by atoms with van der Waals surface area (Å²) in [5, 5.41) is 0. The molecule has 4 aliphatic rings. The molecule has 0 aromatic carbocycles. The minimum Gasteiger partial charge on any atom is -0.377 e. The fourth-order valence-electron chi connectivity index (χ4n) is 7.23. The van der Waals surface area contributed by atoms with Crippen molar-refractivity contribution >= 4 is 5.78 Å². The number of ether oxygens (including phenoxy) is 1. The highest BCUT2D eigenvalue weighted by Crippen LogP contribution is 2.64. The van der Waals surface area contributed by atoms with Crippen LogP contribution < -0.4 is 0 Å². The molecular weight excluding hydrogens is 346 g/mol. The molecule has 0 heterocycles. The van der Waals surface area contributed by atoms with Gasteiger partial charge in [0.25, 0.3) is 0 Å². The van der Waals surface area contributed by atoms with Gasteiger partial charge in [0.15, 0.2) is 0 Å². The van der Waals surface area contributed by atoms with E-state index in [4.69, 9.17) is 6.11 Å². The molecular formula is C25H41NO2. The maximum Gasteiger partial charge on any atom is 0.139 e. The van der Waals surface area contributed by atoms with Gasteiger partial charge in [-0.1, -0.05) is 39.3 Å². The van der Waals surface area contributed by atoms with Gasteiger partial charge in [-0.05, 0) is 81.2 Å². The van der Waals surface area contributed by atoms with Gasteiger partial charge in [-0.2, -0.15) is 0 Å². The lowest BCUT2D eigenvalue weighted by Gasteiger charge is -2.57. The number of hydrogen-bond donors (Lipinski definition) is 0. The lowest BCUT2D eigenvalue weighted by molar-refractivity contribution is -0.132. The molecule has 0 unspecified atom stereocenters. The van der Waals surface area contributed by atoms with E-state index in [9.17, 15) is 4.79 Å². The lowest BCUT2D eigenvalue weighted by Crippen LogP contribution is -2.50. The predicted octanol–water partition coefficient (Wildman–Crippen LogP) is 5.25. The molecule has 0 N–H and O–H groups in total. The molecule has 4 aliphatic carbocycles. The van der Waals surface area contributed by atoms with Gasteiger partial charge < -0.3 is 9.64 Å². The zero-order valence-corrected chi connectivity index (χ0v) is 18.6. The minimum absolute atomic E-state index is 0.0513. The molecule has 0 radical (unpaired) electrons. The molecule has 0 aromatic heterocycles. The third-order valence-corrected chi connectivity index (χ3v) is 9.25. The molecule has 3 heteroatoms. The Labute approximate surface area is 173 Å². The summed E-state index contributed by atoms with van der Waals surface area (Å²) in [7, 11) is 0. The summed E-state index contributed by atoms with van der Waals surface area (Å²) in [6.45, 7) is 12.7. The van der Waals surface area contributed by atoms with Crippen LogP contribution in [0, 0.1) is 28.6 Å². The Bertz CT molecular complexity index is 674. The fraction of sp³-hybridized carbons (Fsp3) is 0.880. The van der Waals surface area contributed by atoms with E-state index in [0.29, 0.717) is 30.1 Å². The summed E-state index contributed by atoms with van der Waals surface area (Å²) < 4.78 is 15.1. The van der Waals surface area contributed by atoms with E-state index in [1.807, 2.05) is 0 Å². The van der Waals surface area contributed by atoms with Crippen molar-refractivity contribution in [1.82, 2.24) is 4.90 Å². The molecule has 0 amide bonds. The van der Waals surface area contributed by atoms with E-state index in [0.717, 1.165) is 64.6 Å². The maximum atomic E-state index is 12.6. The lowest BCUT2D eigenvalue weighted by atomic mass is 9.48. The number of likely N-dealkylation sites (N-methyl/N-ethyl adjacent to an activating group) is 1. The average molecular weight is 390 g/mol. The highest BCUT2D eigenvalue weighted by atomic mass is 16.5. The van der Waals surface area contributed by atoms with Crippen LogP contribution in [0.4, 0.5) is 0 Å². The molecule has 0 aliphatic heterocycles. The molecule has 3 nitrogen and oxygen atoms in total. The summed E-state index contributed by atoms with van der Waals surface area (Å²) in [4.78, 5) is 14.9. The molecule has 158 valence electrons. The van der Waals surface area contributed by atoms with Crippen LogP contribution in [-0.2, 0) is 9.53 Å². The number of ketones is 1. The van der Waals surface area contributed by atoms with Crippen molar-refractivity contribution in [2.24, 2.45) is 28.6 Å². The molecule has 4 rings (SSSR count). The number of allylic oxidation sites excluding steroid dienone is 1. The van der Waals surface area contributed by atoms with Gasteiger partial charge >= 0.3 is 0 Å². The first-order valence-electron chi connectivity index (χ1n) is 12.3. The second kappa shape index (κ2) is 7.87. The highest BCUT2D eigenvalue weighted by molar-refractivity contribution is 5.87. The van der Waals surface area contributed by atoms with Crippen LogP contribution >= 0.6 is 0 Å². The van der Waals surface area contributed by atoms with E-state index in [1.54, 1.807) is 0 Å². The van der Waals surface area contributed by atoms with Crippen molar-refractivity contribution < 1.29 is 10.9 Å². The van der Waals surface area contributed by atoms with Crippen molar-refractivity contribution in [2.75, 3.05) is 26.2 Å². The normalized spacial score (nSPS) is 45.9. The van der Waals surface area contributed by atoms with Crippen molar-refractivity contribution in [2.45, 2.75) is 85.1 Å². The Kier molecular flexibility index (Phi) is 5.43. The maximum absolute atomic E-state index is 12.6. The second-order valence-corrected chi connectivity index (χ2v) is 10.3. The summed E-state index contributed by atoms with van der Waals surface area (Å²) in [5.74, 6) is 2.45. The van der Waals surface area contributed by atoms with E-state index in [2.05, 4.69) is 38.7 Å². The van der Waals surface area contributed by atoms with Crippen molar-refractivity contribution in [1.29, 1.82) is 0 Å². The smallest absolute Gasteiger partial charge is 0.139 e. The third-order valence-electron chi connectivity index (χ3n) is 9.25. The summed E-state index contributed by atoms with van der Waals surface area (Å²) in [5.41, 5.74) is 1.64. The summed E-state index contributed by atoms with van der Waals surface area (Å²) in [6.07, 6.45) is 9.65. The number of fused-ring (bicyclic) bond motifs is 5. The zero-order chi connectivity index (χ0) is 20.9. The Morgan fingerprint density at radius 2 is 1.86 bits per heavy atom. The van der Waals surface area contributed by atoms with Crippen LogP contribution in [0.1, 0.15) is 80.4 Å². The largest absolute Gasteiger partial charge is 0.377 e.